The number of carbonyl (C=O) groups is 2. The second kappa shape index (κ2) is 12.8. The van der Waals surface area contributed by atoms with Gasteiger partial charge in [-0.05, 0) is 31.9 Å². The maximum absolute atomic E-state index is 12.8. The first kappa shape index (κ1) is 26.3. The van der Waals surface area contributed by atoms with Gasteiger partial charge in [0.05, 0.1) is 35.5 Å². The number of nitrogen functional groups attached to an aromatic ring is 1. The van der Waals surface area contributed by atoms with E-state index in [1.807, 2.05) is 0 Å². The molecule has 0 aliphatic carbocycles. The van der Waals surface area contributed by atoms with E-state index in [-0.39, 0.29) is 36.9 Å². The molecule has 1 fully saturated rings. The minimum atomic E-state index is -0.750. The molecule has 2 atom stereocenters. The lowest BCUT2D eigenvalue weighted by molar-refractivity contribution is -0.137. The minimum absolute atomic E-state index is 0. The smallest absolute Gasteiger partial charge is 0.303 e. The summed E-state index contributed by atoms with van der Waals surface area (Å²) in [5.74, 6) is -0.657. The maximum atomic E-state index is 12.8. The van der Waals surface area contributed by atoms with E-state index in [1.54, 1.807) is 7.11 Å². The Labute approximate surface area is 188 Å². The Balaban J connectivity index is 0.00000450. The summed E-state index contributed by atoms with van der Waals surface area (Å²) in [5, 5.41) is 12.0. The van der Waals surface area contributed by atoms with Gasteiger partial charge < -0.3 is 30.5 Å². The van der Waals surface area contributed by atoms with Crippen molar-refractivity contribution in [1.82, 2.24) is 10.2 Å². The van der Waals surface area contributed by atoms with E-state index >= 15 is 0 Å². The van der Waals surface area contributed by atoms with Gasteiger partial charge >= 0.3 is 5.97 Å². The summed E-state index contributed by atoms with van der Waals surface area (Å²) in [6.45, 7) is 2.44. The van der Waals surface area contributed by atoms with Crippen molar-refractivity contribution in [3.8, 4) is 5.75 Å². The zero-order valence-electron chi connectivity index (χ0n) is 17.4. The summed E-state index contributed by atoms with van der Waals surface area (Å²) in [6, 6.07) is 2.92. The number of methoxy groups -OCH3 is 2. The Morgan fingerprint density at radius 3 is 2.67 bits per heavy atom. The lowest BCUT2D eigenvalue weighted by atomic mass is 10.00. The van der Waals surface area contributed by atoms with Crippen LogP contribution in [0.25, 0.3) is 0 Å². The number of nitrogens with two attached hydrogens (primary N) is 1. The van der Waals surface area contributed by atoms with Gasteiger partial charge in [0.1, 0.15) is 5.75 Å². The number of halogens is 2. The highest BCUT2D eigenvalue weighted by atomic mass is 35.5. The van der Waals surface area contributed by atoms with Crippen LogP contribution in [0.2, 0.25) is 5.02 Å². The van der Waals surface area contributed by atoms with E-state index in [1.165, 1.54) is 19.2 Å². The van der Waals surface area contributed by atoms with Gasteiger partial charge in [-0.25, -0.2) is 0 Å². The molecule has 1 aliphatic heterocycles. The normalized spacial score (nSPS) is 19.0. The number of ether oxygens (including phenoxy) is 2. The van der Waals surface area contributed by atoms with E-state index < -0.39 is 5.97 Å². The molecule has 0 spiro atoms. The van der Waals surface area contributed by atoms with Gasteiger partial charge in [0.15, 0.2) is 0 Å². The number of piperidine rings is 1. The summed E-state index contributed by atoms with van der Waals surface area (Å²) >= 11 is 6.07. The lowest BCUT2D eigenvalue weighted by Crippen LogP contribution is -2.54. The van der Waals surface area contributed by atoms with Crippen LogP contribution < -0.4 is 15.8 Å². The predicted molar refractivity (Wildman–Crippen MR) is 119 cm³/mol. The zero-order valence-corrected chi connectivity index (χ0v) is 18.9. The van der Waals surface area contributed by atoms with Crippen LogP contribution >= 0.6 is 24.0 Å². The number of rotatable bonds is 10. The number of amides is 1. The minimum Gasteiger partial charge on any atom is -0.496 e. The fourth-order valence-electron chi connectivity index (χ4n) is 3.54. The molecule has 1 aromatic rings. The quantitative estimate of drug-likeness (QED) is 0.360. The molecule has 170 valence electrons. The molecule has 0 saturated carbocycles. The predicted octanol–water partition coefficient (Wildman–Crippen LogP) is 2.82. The molecular weight excluding hydrogens is 433 g/mol. The first-order valence-corrected chi connectivity index (χ1v) is 10.1. The Morgan fingerprint density at radius 1 is 1.30 bits per heavy atom. The summed E-state index contributed by atoms with van der Waals surface area (Å²) in [4.78, 5) is 25.6. The highest BCUT2D eigenvalue weighted by molar-refractivity contribution is 6.33. The topological polar surface area (TPSA) is 114 Å². The monoisotopic (exact) mass is 463 g/mol. The lowest BCUT2D eigenvalue weighted by Gasteiger charge is -2.38. The van der Waals surface area contributed by atoms with Gasteiger partial charge in [0, 0.05) is 32.7 Å². The number of anilines is 1. The van der Waals surface area contributed by atoms with Gasteiger partial charge in [-0.1, -0.05) is 18.0 Å². The summed E-state index contributed by atoms with van der Waals surface area (Å²) < 4.78 is 10.9. The van der Waals surface area contributed by atoms with Crippen molar-refractivity contribution in [2.75, 3.05) is 39.6 Å². The first-order chi connectivity index (χ1) is 13.8. The Morgan fingerprint density at radius 2 is 2.03 bits per heavy atom. The highest BCUT2D eigenvalue weighted by Gasteiger charge is 2.31. The third-order valence-electron chi connectivity index (χ3n) is 5.19. The number of hydrogen-bond acceptors (Lipinski definition) is 6. The summed E-state index contributed by atoms with van der Waals surface area (Å²) in [6.07, 6.45) is 3.36. The van der Waals surface area contributed by atoms with Gasteiger partial charge in [-0.2, -0.15) is 0 Å². The third kappa shape index (κ3) is 7.50. The standard InChI is InChI=1S/C20H30ClN3O5.ClH/c1-28-17-11-15(22)14(21)10-13(17)20(27)23-16-7-9-24(12-18(16)29-2)8-5-3-4-6-19(25)26;/h10-11,16,18H,3-9,12,22H2,1-2H3,(H,23,27)(H,25,26);1H/t16-,18+;/m0./s1. The number of likely N-dealkylation sites (tertiary alicyclic amines) is 1. The van der Waals surface area contributed by atoms with E-state index in [9.17, 15) is 9.59 Å². The average molecular weight is 464 g/mol. The van der Waals surface area contributed by atoms with Crippen LogP contribution in [0.5, 0.6) is 5.75 Å². The third-order valence-corrected chi connectivity index (χ3v) is 5.52. The number of benzene rings is 1. The van der Waals surface area contributed by atoms with Crippen molar-refractivity contribution >= 4 is 41.6 Å². The number of nitrogens with one attached hydrogen (secondary N) is 1. The van der Waals surface area contributed by atoms with Crippen LogP contribution in [0.4, 0.5) is 5.69 Å². The SMILES string of the molecule is COc1cc(N)c(Cl)cc1C(=O)N[C@H]1CCN(CCCCCC(=O)O)C[C@H]1OC.Cl. The number of nitrogens with zero attached hydrogens (tertiary/aromatic N) is 1. The zero-order chi connectivity index (χ0) is 21.4. The van der Waals surface area contributed by atoms with E-state index in [4.69, 9.17) is 31.9 Å². The molecule has 0 aromatic heterocycles. The maximum Gasteiger partial charge on any atom is 0.303 e. The van der Waals surface area contributed by atoms with E-state index in [0.29, 0.717) is 35.0 Å². The fraction of sp³-hybridized carbons (Fsp3) is 0.600. The van der Waals surface area contributed by atoms with Crippen molar-refractivity contribution in [3.05, 3.63) is 22.7 Å². The molecule has 1 aliphatic rings. The van der Waals surface area contributed by atoms with Crippen LogP contribution in [0, 0.1) is 0 Å². The molecule has 2 rings (SSSR count). The number of carbonyl (C=O) groups excluding carboxylic acids is 1. The van der Waals surface area contributed by atoms with Gasteiger partial charge in [0.25, 0.3) is 5.91 Å². The molecule has 0 bridgehead atoms. The van der Waals surface area contributed by atoms with Crippen molar-refractivity contribution in [2.45, 2.75) is 44.2 Å². The second-order valence-electron chi connectivity index (χ2n) is 7.22. The number of aliphatic carboxylic acids is 1. The van der Waals surface area contributed by atoms with Crippen LogP contribution in [0.3, 0.4) is 0 Å². The molecule has 1 amide bonds. The number of unbranched alkanes of at least 4 members (excludes halogenated alkanes) is 2. The molecular formula is C20H31Cl2N3O5. The van der Waals surface area contributed by atoms with Crippen molar-refractivity contribution in [1.29, 1.82) is 0 Å². The van der Waals surface area contributed by atoms with E-state index in [2.05, 4.69) is 10.2 Å². The molecule has 30 heavy (non-hydrogen) atoms. The second-order valence-corrected chi connectivity index (χ2v) is 7.63. The molecule has 1 heterocycles. The van der Waals surface area contributed by atoms with Crippen LogP contribution in [0.1, 0.15) is 42.5 Å². The largest absolute Gasteiger partial charge is 0.496 e. The first-order valence-electron chi connectivity index (χ1n) is 9.76. The molecule has 1 aromatic carbocycles. The van der Waals surface area contributed by atoms with Crippen LogP contribution in [-0.4, -0.2) is 67.9 Å². The highest BCUT2D eigenvalue weighted by Crippen LogP contribution is 2.29. The molecule has 0 unspecified atom stereocenters. The van der Waals surface area contributed by atoms with Gasteiger partial charge in [-0.3, -0.25) is 9.59 Å². The van der Waals surface area contributed by atoms with Gasteiger partial charge in [0.2, 0.25) is 0 Å². The number of carboxylic acids is 1. The Bertz CT molecular complexity index is 720. The van der Waals surface area contributed by atoms with Gasteiger partial charge in [-0.15, -0.1) is 12.4 Å². The molecule has 8 nitrogen and oxygen atoms in total. The summed E-state index contributed by atoms with van der Waals surface area (Å²) in [7, 11) is 3.12. The van der Waals surface area contributed by atoms with E-state index in [0.717, 1.165) is 32.4 Å². The number of carboxylic acid groups (broad SMARTS) is 1. The Kier molecular flexibility index (Phi) is 11.3. The Hall–Kier alpha value is -1.74. The van der Waals surface area contributed by atoms with Crippen molar-refractivity contribution in [3.63, 3.8) is 0 Å². The van der Waals surface area contributed by atoms with Crippen molar-refractivity contribution < 1.29 is 24.2 Å². The number of hydrogen-bond donors (Lipinski definition) is 3. The van der Waals surface area contributed by atoms with Crippen LogP contribution in [0.15, 0.2) is 12.1 Å². The average Bonchev–Trinajstić information content (AvgIpc) is 2.69. The molecule has 1 saturated heterocycles. The summed E-state index contributed by atoms with van der Waals surface area (Å²) in [5.41, 5.74) is 6.47. The van der Waals surface area contributed by atoms with Crippen LogP contribution in [-0.2, 0) is 9.53 Å². The molecule has 0 radical (unpaired) electrons. The molecule has 10 heteroatoms. The fourth-order valence-corrected chi connectivity index (χ4v) is 3.70. The van der Waals surface area contributed by atoms with Crippen molar-refractivity contribution in [2.24, 2.45) is 0 Å². The molecule has 4 N–H and O–H groups in total.